The second-order valence-electron chi connectivity index (χ2n) is 5.16. The van der Waals surface area contributed by atoms with Crippen LogP contribution in [0.15, 0.2) is 33.3 Å². The number of hydroxylamine groups is 1. The van der Waals surface area contributed by atoms with Gasteiger partial charge < -0.3 is 10.9 Å². The topological polar surface area (TPSA) is 157 Å². The molecule has 0 saturated heterocycles. The van der Waals surface area contributed by atoms with Crippen LogP contribution in [0.25, 0.3) is 0 Å². The van der Waals surface area contributed by atoms with Gasteiger partial charge in [0.05, 0.1) is 23.5 Å². The Kier molecular flexibility index (Phi) is 7.24. The lowest BCUT2D eigenvalue weighted by Gasteiger charge is -2.10. The van der Waals surface area contributed by atoms with Crippen molar-refractivity contribution in [2.24, 2.45) is 20.9 Å². The predicted octanol–water partition coefficient (Wildman–Crippen LogP) is 1.72. The van der Waals surface area contributed by atoms with Crippen LogP contribution in [0.4, 0.5) is 23.2 Å². The number of halogens is 4. The van der Waals surface area contributed by atoms with Crippen LogP contribution < -0.4 is 11.2 Å². The lowest BCUT2D eigenvalue weighted by Crippen LogP contribution is -2.38. The zero-order valence-electron chi connectivity index (χ0n) is 13.8. The molecule has 6 N–H and O–H groups in total. The van der Waals surface area contributed by atoms with E-state index < -0.39 is 50.4 Å². The van der Waals surface area contributed by atoms with Gasteiger partial charge in [-0.15, -0.1) is 0 Å². The molecule has 0 fully saturated rings. The molecule has 14 heteroatoms. The SMILES string of the molecule is CS(=N)(=O)CCN=C(N)/C(=N\O)C(=Nc1ccc(F)c(C(F)(F)F)c1)NO. The van der Waals surface area contributed by atoms with Crippen molar-refractivity contribution in [2.75, 3.05) is 18.6 Å². The van der Waals surface area contributed by atoms with Gasteiger partial charge >= 0.3 is 6.18 Å². The first-order valence-corrected chi connectivity index (χ1v) is 9.12. The summed E-state index contributed by atoms with van der Waals surface area (Å²) in [5.74, 6) is -2.85. The van der Waals surface area contributed by atoms with Crippen LogP contribution in [0.3, 0.4) is 0 Å². The van der Waals surface area contributed by atoms with Gasteiger partial charge in [0.1, 0.15) is 5.82 Å². The summed E-state index contributed by atoms with van der Waals surface area (Å²) in [6.07, 6.45) is -3.80. The minimum Gasteiger partial charge on any atom is -0.410 e. The molecule has 0 radical (unpaired) electrons. The third-order valence-electron chi connectivity index (χ3n) is 2.93. The van der Waals surface area contributed by atoms with Crippen molar-refractivity contribution >= 4 is 32.8 Å². The molecule has 1 aromatic carbocycles. The highest BCUT2D eigenvalue weighted by molar-refractivity contribution is 7.91. The Hall–Kier alpha value is -2.74. The molecule has 9 nitrogen and oxygen atoms in total. The number of hydrogen-bond acceptors (Lipinski definition) is 7. The van der Waals surface area contributed by atoms with E-state index in [0.29, 0.717) is 12.1 Å². The molecular formula is C13H16F4N6O3S. The molecule has 0 bridgehead atoms. The van der Waals surface area contributed by atoms with Crippen molar-refractivity contribution in [1.29, 1.82) is 4.78 Å². The monoisotopic (exact) mass is 412 g/mol. The summed E-state index contributed by atoms with van der Waals surface area (Å²) in [6.45, 7) is -0.183. The number of nitrogens with one attached hydrogen (secondary N) is 2. The molecular weight excluding hydrogens is 396 g/mol. The fraction of sp³-hybridized carbons (Fsp3) is 0.308. The number of aliphatic imine (C=N–C) groups is 2. The van der Waals surface area contributed by atoms with E-state index in [-0.39, 0.29) is 12.3 Å². The average molecular weight is 412 g/mol. The van der Waals surface area contributed by atoms with Gasteiger partial charge in [0.25, 0.3) is 0 Å². The summed E-state index contributed by atoms with van der Waals surface area (Å²) in [6, 6.07) is 1.79. The van der Waals surface area contributed by atoms with E-state index >= 15 is 0 Å². The number of hydrogen-bond donors (Lipinski definition) is 5. The van der Waals surface area contributed by atoms with Crippen molar-refractivity contribution in [3.05, 3.63) is 29.6 Å². The van der Waals surface area contributed by atoms with Gasteiger partial charge in [-0.1, -0.05) is 5.16 Å². The number of nitrogens with two attached hydrogens (primary N) is 1. The predicted molar refractivity (Wildman–Crippen MR) is 90.8 cm³/mol. The van der Waals surface area contributed by atoms with E-state index in [0.717, 1.165) is 6.07 Å². The Morgan fingerprint density at radius 3 is 2.52 bits per heavy atom. The molecule has 0 aliphatic carbocycles. The highest BCUT2D eigenvalue weighted by Gasteiger charge is 2.34. The van der Waals surface area contributed by atoms with Crippen LogP contribution in [-0.4, -0.2) is 50.6 Å². The number of benzene rings is 1. The molecule has 0 amide bonds. The van der Waals surface area contributed by atoms with Gasteiger partial charge in [0.2, 0.25) is 0 Å². The standard InChI is InChI=1S/C13H16F4N6O3S/c1-27(19,26)5-4-20-11(18)10(22-24)12(23-25)21-7-2-3-9(14)8(6-7)13(15,16)17/h2-3,6,19,24-25H,4-5H2,1H3,(H2,18,20)(H,21,23)/b22-10+. The first-order valence-electron chi connectivity index (χ1n) is 6.98. The molecule has 1 aromatic rings. The molecule has 0 aliphatic heterocycles. The van der Waals surface area contributed by atoms with Crippen LogP contribution in [0, 0.1) is 10.6 Å². The molecule has 0 aliphatic rings. The average Bonchev–Trinajstić information content (AvgIpc) is 2.53. The lowest BCUT2D eigenvalue weighted by atomic mass is 10.2. The van der Waals surface area contributed by atoms with Crippen molar-refractivity contribution in [1.82, 2.24) is 5.48 Å². The maximum Gasteiger partial charge on any atom is 0.419 e. The Morgan fingerprint density at radius 1 is 1.41 bits per heavy atom. The fourth-order valence-corrected chi connectivity index (χ4v) is 2.13. The quantitative estimate of drug-likeness (QED) is 0.158. The van der Waals surface area contributed by atoms with E-state index in [2.05, 4.69) is 15.1 Å². The van der Waals surface area contributed by atoms with Gasteiger partial charge in [-0.05, 0) is 18.2 Å². The first-order chi connectivity index (χ1) is 12.4. The Labute approximate surface area is 151 Å². The second kappa shape index (κ2) is 8.77. The summed E-state index contributed by atoms with van der Waals surface area (Å²) in [4.78, 5) is 7.28. The number of amidine groups is 2. The Morgan fingerprint density at radius 2 is 2.04 bits per heavy atom. The molecule has 27 heavy (non-hydrogen) atoms. The van der Waals surface area contributed by atoms with Crippen molar-refractivity contribution < 1.29 is 32.2 Å². The third-order valence-corrected chi connectivity index (χ3v) is 3.89. The van der Waals surface area contributed by atoms with E-state index in [4.69, 9.17) is 20.9 Å². The third kappa shape index (κ3) is 6.82. The van der Waals surface area contributed by atoms with Gasteiger partial charge in [-0.3, -0.25) is 24.7 Å². The van der Waals surface area contributed by atoms with Crippen LogP contribution >= 0.6 is 0 Å². The zero-order chi connectivity index (χ0) is 20.8. The molecule has 1 unspecified atom stereocenters. The molecule has 1 rings (SSSR count). The van der Waals surface area contributed by atoms with Crippen LogP contribution in [0.5, 0.6) is 0 Å². The van der Waals surface area contributed by atoms with Gasteiger partial charge in [-0.2, -0.15) is 13.2 Å². The summed E-state index contributed by atoms with van der Waals surface area (Å²) < 4.78 is 70.0. The molecule has 0 aromatic heterocycles. The summed E-state index contributed by atoms with van der Waals surface area (Å²) >= 11 is 0. The van der Waals surface area contributed by atoms with E-state index in [9.17, 15) is 21.8 Å². The van der Waals surface area contributed by atoms with Gasteiger partial charge in [-0.25, -0.2) is 9.38 Å². The van der Waals surface area contributed by atoms with Gasteiger partial charge in [0, 0.05) is 16.0 Å². The summed E-state index contributed by atoms with van der Waals surface area (Å²) in [5, 5.41) is 20.9. The van der Waals surface area contributed by atoms with Crippen molar-refractivity contribution in [3.63, 3.8) is 0 Å². The molecule has 0 heterocycles. The Bertz CT molecular complexity index is 881. The molecule has 150 valence electrons. The number of rotatable bonds is 6. The smallest absolute Gasteiger partial charge is 0.410 e. The van der Waals surface area contributed by atoms with Gasteiger partial charge in [0.15, 0.2) is 17.4 Å². The highest BCUT2D eigenvalue weighted by atomic mass is 32.2. The zero-order valence-corrected chi connectivity index (χ0v) is 14.6. The summed E-state index contributed by atoms with van der Waals surface area (Å²) in [5.41, 5.74) is 4.38. The molecule has 0 saturated carbocycles. The fourth-order valence-electron chi connectivity index (χ4n) is 1.70. The van der Waals surface area contributed by atoms with E-state index in [1.54, 1.807) is 0 Å². The number of nitrogens with zero attached hydrogens (tertiary/aromatic N) is 3. The maximum atomic E-state index is 13.3. The molecule has 1 atom stereocenters. The number of alkyl halides is 3. The van der Waals surface area contributed by atoms with Crippen LogP contribution in [-0.2, 0) is 15.9 Å². The maximum absolute atomic E-state index is 13.3. The minimum atomic E-state index is -4.97. The first kappa shape index (κ1) is 22.3. The van der Waals surface area contributed by atoms with Crippen molar-refractivity contribution in [3.8, 4) is 0 Å². The number of oxime groups is 1. The second-order valence-corrected chi connectivity index (χ2v) is 7.58. The van der Waals surface area contributed by atoms with Crippen LogP contribution in [0.1, 0.15) is 5.56 Å². The normalized spacial score (nSPS) is 16.1. The lowest BCUT2D eigenvalue weighted by molar-refractivity contribution is -0.139. The summed E-state index contributed by atoms with van der Waals surface area (Å²) in [7, 11) is -2.85. The van der Waals surface area contributed by atoms with Crippen molar-refractivity contribution in [2.45, 2.75) is 6.18 Å². The largest absolute Gasteiger partial charge is 0.419 e. The minimum absolute atomic E-state index is 0.154. The highest BCUT2D eigenvalue weighted by Crippen LogP contribution is 2.33. The van der Waals surface area contributed by atoms with E-state index in [1.807, 2.05) is 0 Å². The Balaban J connectivity index is 3.23. The molecule has 0 spiro atoms. The van der Waals surface area contributed by atoms with Crippen LogP contribution in [0.2, 0.25) is 0 Å². The van der Waals surface area contributed by atoms with E-state index in [1.165, 1.54) is 11.7 Å².